The molecule has 1 aromatic rings. The van der Waals surface area contributed by atoms with Crippen LogP contribution in [0.4, 0.5) is 4.39 Å². The highest BCUT2D eigenvalue weighted by molar-refractivity contribution is 5.20. The van der Waals surface area contributed by atoms with Crippen LogP contribution < -0.4 is 5.32 Å². The van der Waals surface area contributed by atoms with Crippen molar-refractivity contribution in [3.63, 3.8) is 0 Å². The molecule has 0 aliphatic carbocycles. The molecule has 1 aliphatic heterocycles. The maximum Gasteiger partial charge on any atom is 0.149 e. The van der Waals surface area contributed by atoms with Crippen molar-refractivity contribution in [3.05, 3.63) is 30.1 Å². The average Bonchev–Trinajstić information content (AvgIpc) is 2.72. The smallest absolute Gasteiger partial charge is 0.149 e. The van der Waals surface area contributed by atoms with Crippen LogP contribution in [0.25, 0.3) is 0 Å². The SMILES string of the molecule is CC(F)(c1cccnc1)C1CCCN1. The summed E-state index contributed by atoms with van der Waals surface area (Å²) in [5.74, 6) is 0. The van der Waals surface area contributed by atoms with Crippen LogP contribution in [0.15, 0.2) is 24.5 Å². The van der Waals surface area contributed by atoms with Gasteiger partial charge in [0.25, 0.3) is 0 Å². The minimum atomic E-state index is -1.30. The molecule has 14 heavy (non-hydrogen) atoms. The minimum Gasteiger partial charge on any atom is -0.311 e. The standard InChI is InChI=1S/C11H15FN2/c1-11(12,10-5-3-7-14-10)9-4-2-6-13-8-9/h2,4,6,8,10,14H,3,5,7H2,1H3. The Balaban J connectivity index is 2.22. The molecule has 2 atom stereocenters. The molecular weight excluding hydrogens is 179 g/mol. The maximum absolute atomic E-state index is 14.4. The first-order valence-corrected chi connectivity index (χ1v) is 5.04. The summed E-state index contributed by atoms with van der Waals surface area (Å²) < 4.78 is 14.4. The van der Waals surface area contributed by atoms with Gasteiger partial charge < -0.3 is 5.32 Å². The number of aromatic nitrogens is 1. The van der Waals surface area contributed by atoms with Gasteiger partial charge in [0.15, 0.2) is 0 Å². The molecule has 0 saturated carbocycles. The molecule has 3 heteroatoms. The largest absolute Gasteiger partial charge is 0.311 e. The number of rotatable bonds is 2. The van der Waals surface area contributed by atoms with E-state index in [0.717, 1.165) is 19.4 Å². The molecule has 1 aromatic heterocycles. The quantitative estimate of drug-likeness (QED) is 0.779. The molecular formula is C11H15FN2. The summed E-state index contributed by atoms with van der Waals surface area (Å²) in [5.41, 5.74) is -0.635. The molecule has 0 amide bonds. The van der Waals surface area contributed by atoms with Gasteiger partial charge in [-0.1, -0.05) is 6.07 Å². The zero-order valence-electron chi connectivity index (χ0n) is 8.33. The summed E-state index contributed by atoms with van der Waals surface area (Å²) in [6.45, 7) is 2.55. The third-order valence-corrected chi connectivity index (χ3v) is 2.94. The van der Waals surface area contributed by atoms with E-state index in [1.54, 1.807) is 31.5 Å². The van der Waals surface area contributed by atoms with Crippen molar-refractivity contribution in [2.24, 2.45) is 0 Å². The Morgan fingerprint density at radius 2 is 2.50 bits per heavy atom. The van der Waals surface area contributed by atoms with Crippen LogP contribution in [-0.4, -0.2) is 17.6 Å². The van der Waals surface area contributed by atoms with Crippen LogP contribution in [0.2, 0.25) is 0 Å². The van der Waals surface area contributed by atoms with Crippen LogP contribution in [0.5, 0.6) is 0 Å². The fourth-order valence-electron chi connectivity index (χ4n) is 2.00. The lowest BCUT2D eigenvalue weighted by Gasteiger charge is -2.27. The van der Waals surface area contributed by atoms with Gasteiger partial charge in [-0.2, -0.15) is 0 Å². The highest BCUT2D eigenvalue weighted by Crippen LogP contribution is 2.32. The van der Waals surface area contributed by atoms with E-state index in [0.29, 0.717) is 5.56 Å². The van der Waals surface area contributed by atoms with Gasteiger partial charge in [-0.25, -0.2) is 4.39 Å². The Kier molecular flexibility index (Phi) is 2.50. The van der Waals surface area contributed by atoms with E-state index < -0.39 is 5.67 Å². The van der Waals surface area contributed by atoms with Gasteiger partial charge in [0.1, 0.15) is 5.67 Å². The second-order valence-electron chi connectivity index (χ2n) is 3.97. The summed E-state index contributed by atoms with van der Waals surface area (Å²) in [6.07, 6.45) is 5.24. The Morgan fingerprint density at radius 3 is 3.07 bits per heavy atom. The van der Waals surface area contributed by atoms with Crippen LogP contribution in [0.1, 0.15) is 25.3 Å². The van der Waals surface area contributed by atoms with E-state index in [9.17, 15) is 4.39 Å². The first kappa shape index (κ1) is 9.59. The fraction of sp³-hybridized carbons (Fsp3) is 0.545. The third-order valence-electron chi connectivity index (χ3n) is 2.94. The molecule has 2 nitrogen and oxygen atoms in total. The molecule has 76 valence electrons. The van der Waals surface area contributed by atoms with E-state index in [1.807, 2.05) is 0 Å². The van der Waals surface area contributed by atoms with Crippen molar-refractivity contribution in [3.8, 4) is 0 Å². The second-order valence-corrected chi connectivity index (χ2v) is 3.97. The van der Waals surface area contributed by atoms with E-state index in [-0.39, 0.29) is 6.04 Å². The van der Waals surface area contributed by atoms with Crippen molar-refractivity contribution in [2.45, 2.75) is 31.5 Å². The summed E-state index contributed by atoms with van der Waals surface area (Å²) in [7, 11) is 0. The van der Waals surface area contributed by atoms with Gasteiger partial charge in [-0.3, -0.25) is 4.98 Å². The second kappa shape index (κ2) is 3.65. The lowest BCUT2D eigenvalue weighted by molar-refractivity contribution is 0.136. The Hall–Kier alpha value is -0.960. The van der Waals surface area contributed by atoms with E-state index in [4.69, 9.17) is 0 Å². The predicted molar refractivity (Wildman–Crippen MR) is 53.7 cm³/mol. The molecule has 2 rings (SSSR count). The zero-order valence-corrected chi connectivity index (χ0v) is 8.33. The summed E-state index contributed by atoms with van der Waals surface area (Å²) in [4.78, 5) is 3.95. The maximum atomic E-state index is 14.4. The van der Waals surface area contributed by atoms with E-state index in [2.05, 4.69) is 10.3 Å². The van der Waals surface area contributed by atoms with Gasteiger partial charge in [0.2, 0.25) is 0 Å². The highest BCUT2D eigenvalue weighted by Gasteiger charge is 2.37. The monoisotopic (exact) mass is 194 g/mol. The van der Waals surface area contributed by atoms with Crippen molar-refractivity contribution >= 4 is 0 Å². The minimum absolute atomic E-state index is 0.0632. The Morgan fingerprint density at radius 1 is 1.64 bits per heavy atom. The first-order valence-electron chi connectivity index (χ1n) is 5.04. The van der Waals surface area contributed by atoms with Gasteiger partial charge in [-0.05, 0) is 32.4 Å². The average molecular weight is 194 g/mol. The molecule has 1 saturated heterocycles. The number of alkyl halides is 1. The molecule has 1 fully saturated rings. The van der Waals surface area contributed by atoms with Crippen molar-refractivity contribution in [1.29, 1.82) is 0 Å². The summed E-state index contributed by atoms with van der Waals surface area (Å²) in [6, 6.07) is 3.52. The van der Waals surface area contributed by atoms with Gasteiger partial charge >= 0.3 is 0 Å². The van der Waals surface area contributed by atoms with Crippen molar-refractivity contribution in [1.82, 2.24) is 10.3 Å². The Bertz CT molecular complexity index is 291. The normalized spacial score (nSPS) is 26.0. The molecule has 1 aliphatic rings. The topological polar surface area (TPSA) is 24.9 Å². The number of hydrogen-bond acceptors (Lipinski definition) is 2. The predicted octanol–water partition coefficient (Wildman–Crippen LogP) is 2.02. The van der Waals surface area contributed by atoms with E-state index >= 15 is 0 Å². The third kappa shape index (κ3) is 1.64. The van der Waals surface area contributed by atoms with Gasteiger partial charge in [0.05, 0.1) is 0 Å². The molecule has 0 spiro atoms. The van der Waals surface area contributed by atoms with Crippen LogP contribution >= 0.6 is 0 Å². The molecule has 2 unspecified atom stereocenters. The molecule has 1 N–H and O–H groups in total. The highest BCUT2D eigenvalue weighted by atomic mass is 19.1. The number of halogens is 1. The van der Waals surface area contributed by atoms with Gasteiger partial charge in [0, 0.05) is 24.0 Å². The van der Waals surface area contributed by atoms with E-state index in [1.165, 1.54) is 0 Å². The lowest BCUT2D eigenvalue weighted by atomic mass is 9.90. The first-order chi connectivity index (χ1) is 6.71. The fourth-order valence-corrected chi connectivity index (χ4v) is 2.00. The Labute approximate surface area is 83.6 Å². The number of nitrogens with one attached hydrogen (secondary N) is 1. The van der Waals surface area contributed by atoms with Crippen LogP contribution in [-0.2, 0) is 5.67 Å². The molecule has 2 heterocycles. The molecule has 0 aromatic carbocycles. The molecule has 0 radical (unpaired) electrons. The lowest BCUT2D eigenvalue weighted by Crippen LogP contribution is -2.39. The van der Waals surface area contributed by atoms with Crippen LogP contribution in [0.3, 0.4) is 0 Å². The summed E-state index contributed by atoms with van der Waals surface area (Å²) >= 11 is 0. The van der Waals surface area contributed by atoms with Gasteiger partial charge in [-0.15, -0.1) is 0 Å². The number of pyridine rings is 1. The zero-order chi connectivity index (χ0) is 10.0. The van der Waals surface area contributed by atoms with Crippen molar-refractivity contribution in [2.75, 3.05) is 6.54 Å². The number of nitrogens with zero attached hydrogens (tertiary/aromatic N) is 1. The summed E-state index contributed by atoms with van der Waals surface area (Å²) in [5, 5.41) is 3.19. The molecule has 0 bridgehead atoms. The van der Waals surface area contributed by atoms with Crippen molar-refractivity contribution < 1.29 is 4.39 Å². The van der Waals surface area contributed by atoms with Crippen LogP contribution in [0, 0.1) is 0 Å². The number of hydrogen-bond donors (Lipinski definition) is 1.